The maximum atomic E-state index is 5.79. The first-order valence-corrected chi connectivity index (χ1v) is 7.39. The van der Waals surface area contributed by atoms with Crippen LogP contribution in [0.25, 0.3) is 0 Å². The molecule has 2 rings (SSSR count). The predicted octanol–water partition coefficient (Wildman–Crippen LogP) is 3.29. The predicted molar refractivity (Wildman–Crippen MR) is 80.7 cm³/mol. The Kier molecular flexibility index (Phi) is 4.64. The van der Waals surface area contributed by atoms with Crippen molar-refractivity contribution >= 4 is 0 Å². The molecular formula is C17H27NO. The van der Waals surface area contributed by atoms with Crippen molar-refractivity contribution in [2.24, 2.45) is 0 Å². The van der Waals surface area contributed by atoms with Crippen LogP contribution in [0.4, 0.5) is 0 Å². The van der Waals surface area contributed by atoms with Gasteiger partial charge in [-0.3, -0.25) is 0 Å². The Hall–Kier alpha value is -0.860. The quantitative estimate of drug-likeness (QED) is 0.898. The van der Waals surface area contributed by atoms with Gasteiger partial charge in [0.2, 0.25) is 0 Å². The number of nitrogens with one attached hydrogen (secondary N) is 1. The van der Waals surface area contributed by atoms with Crippen molar-refractivity contribution in [3.05, 3.63) is 35.4 Å². The highest BCUT2D eigenvalue weighted by atomic mass is 16.5. The molecule has 1 aliphatic heterocycles. The zero-order valence-corrected chi connectivity index (χ0v) is 12.7. The van der Waals surface area contributed by atoms with Gasteiger partial charge < -0.3 is 10.1 Å². The van der Waals surface area contributed by atoms with E-state index in [1.807, 2.05) is 7.05 Å². The van der Waals surface area contributed by atoms with Crippen LogP contribution in [0.5, 0.6) is 0 Å². The van der Waals surface area contributed by atoms with Crippen LogP contribution < -0.4 is 5.32 Å². The van der Waals surface area contributed by atoms with Crippen LogP contribution in [0.1, 0.15) is 44.7 Å². The van der Waals surface area contributed by atoms with Crippen molar-refractivity contribution in [1.82, 2.24) is 5.32 Å². The lowest BCUT2D eigenvalue weighted by molar-refractivity contribution is 0.0808. The third kappa shape index (κ3) is 3.80. The number of ether oxygens (including phenoxy) is 1. The standard InChI is InChI=1S/C17H27NO/c1-17(2,3)14-9-7-13(8-10-14)12-15(18-4)16-6-5-11-19-16/h7-10,15-16,18H,5-6,11-12H2,1-4H3. The summed E-state index contributed by atoms with van der Waals surface area (Å²) in [5, 5.41) is 3.41. The van der Waals surface area contributed by atoms with Crippen LogP contribution >= 0.6 is 0 Å². The minimum Gasteiger partial charge on any atom is -0.377 e. The van der Waals surface area contributed by atoms with Gasteiger partial charge in [0.05, 0.1) is 6.10 Å². The number of rotatable bonds is 4. The van der Waals surface area contributed by atoms with Crippen molar-refractivity contribution in [2.45, 2.75) is 57.6 Å². The summed E-state index contributed by atoms with van der Waals surface area (Å²) in [7, 11) is 2.04. The fourth-order valence-electron chi connectivity index (χ4n) is 2.73. The normalized spacial score (nSPS) is 21.6. The Balaban J connectivity index is 2.01. The van der Waals surface area contributed by atoms with Crippen molar-refractivity contribution in [3.63, 3.8) is 0 Å². The maximum absolute atomic E-state index is 5.79. The molecule has 1 heterocycles. The van der Waals surface area contributed by atoms with E-state index in [0.29, 0.717) is 12.1 Å². The largest absolute Gasteiger partial charge is 0.377 e. The highest BCUT2D eigenvalue weighted by Gasteiger charge is 2.24. The first kappa shape index (κ1) is 14.5. The topological polar surface area (TPSA) is 21.3 Å². The van der Waals surface area contributed by atoms with Crippen LogP contribution in [0.2, 0.25) is 0 Å². The summed E-state index contributed by atoms with van der Waals surface area (Å²) in [5.74, 6) is 0. The molecule has 0 spiro atoms. The summed E-state index contributed by atoms with van der Waals surface area (Å²) in [4.78, 5) is 0. The van der Waals surface area contributed by atoms with Crippen molar-refractivity contribution < 1.29 is 4.74 Å². The van der Waals surface area contributed by atoms with Gasteiger partial charge in [-0.15, -0.1) is 0 Å². The summed E-state index contributed by atoms with van der Waals surface area (Å²) in [5.41, 5.74) is 3.02. The molecular weight excluding hydrogens is 234 g/mol. The van der Waals surface area contributed by atoms with Crippen LogP contribution in [-0.4, -0.2) is 25.8 Å². The number of hydrogen-bond donors (Lipinski definition) is 1. The molecule has 106 valence electrons. The highest BCUT2D eigenvalue weighted by Crippen LogP contribution is 2.23. The molecule has 2 heteroatoms. The molecule has 0 amide bonds. The molecule has 0 saturated carbocycles. The van der Waals surface area contributed by atoms with Gasteiger partial charge in [-0.1, -0.05) is 45.0 Å². The average Bonchev–Trinajstić information content (AvgIpc) is 2.89. The Morgan fingerprint density at radius 2 is 1.95 bits per heavy atom. The second-order valence-corrected chi connectivity index (χ2v) is 6.60. The second kappa shape index (κ2) is 6.06. The Labute approximate surface area is 117 Å². The number of hydrogen-bond acceptors (Lipinski definition) is 2. The highest BCUT2D eigenvalue weighted by molar-refractivity contribution is 5.28. The zero-order chi connectivity index (χ0) is 13.9. The summed E-state index contributed by atoms with van der Waals surface area (Å²) >= 11 is 0. The lowest BCUT2D eigenvalue weighted by Crippen LogP contribution is -2.39. The van der Waals surface area contributed by atoms with E-state index in [4.69, 9.17) is 4.74 Å². The van der Waals surface area contributed by atoms with Crippen molar-refractivity contribution in [3.8, 4) is 0 Å². The maximum Gasteiger partial charge on any atom is 0.0732 e. The SMILES string of the molecule is CNC(Cc1ccc(C(C)(C)C)cc1)C1CCCO1. The molecule has 1 aliphatic rings. The first-order chi connectivity index (χ1) is 9.00. The summed E-state index contributed by atoms with van der Waals surface area (Å²) in [6.45, 7) is 7.69. The van der Waals surface area contributed by atoms with Gasteiger partial charge in [-0.25, -0.2) is 0 Å². The summed E-state index contributed by atoms with van der Waals surface area (Å²) < 4.78 is 5.79. The van der Waals surface area contributed by atoms with Gasteiger partial charge in [0, 0.05) is 12.6 Å². The van der Waals surface area contributed by atoms with Crippen molar-refractivity contribution in [2.75, 3.05) is 13.7 Å². The molecule has 1 N–H and O–H groups in total. The molecule has 0 aromatic heterocycles. The average molecular weight is 261 g/mol. The minimum atomic E-state index is 0.232. The number of benzene rings is 1. The van der Waals surface area contributed by atoms with E-state index < -0.39 is 0 Å². The van der Waals surface area contributed by atoms with Crippen molar-refractivity contribution in [1.29, 1.82) is 0 Å². The van der Waals surface area contributed by atoms with E-state index in [2.05, 4.69) is 50.4 Å². The van der Waals surface area contributed by atoms with E-state index >= 15 is 0 Å². The van der Waals surface area contributed by atoms with E-state index in [1.54, 1.807) is 0 Å². The van der Waals surface area contributed by atoms with Crippen LogP contribution in [0.3, 0.4) is 0 Å². The van der Waals surface area contributed by atoms with Gasteiger partial charge in [-0.05, 0) is 42.9 Å². The van der Waals surface area contributed by atoms with Gasteiger partial charge in [0.1, 0.15) is 0 Å². The molecule has 0 aliphatic carbocycles. The molecule has 1 fully saturated rings. The van der Waals surface area contributed by atoms with Crippen LogP contribution in [0.15, 0.2) is 24.3 Å². The fraction of sp³-hybridized carbons (Fsp3) is 0.647. The molecule has 2 nitrogen and oxygen atoms in total. The lowest BCUT2D eigenvalue weighted by atomic mass is 9.86. The van der Waals surface area contributed by atoms with E-state index in [1.165, 1.54) is 24.0 Å². The molecule has 1 saturated heterocycles. The van der Waals surface area contributed by atoms with Gasteiger partial charge in [0.25, 0.3) is 0 Å². The molecule has 0 radical (unpaired) electrons. The Bertz CT molecular complexity index is 385. The molecule has 2 atom stereocenters. The third-order valence-corrected chi connectivity index (χ3v) is 4.06. The first-order valence-electron chi connectivity index (χ1n) is 7.39. The molecule has 1 aromatic carbocycles. The van der Waals surface area contributed by atoms with E-state index in [0.717, 1.165) is 13.0 Å². The van der Waals surface area contributed by atoms with Crippen LogP contribution in [-0.2, 0) is 16.6 Å². The van der Waals surface area contributed by atoms with Crippen LogP contribution in [0, 0.1) is 0 Å². The molecule has 0 bridgehead atoms. The van der Waals surface area contributed by atoms with E-state index in [9.17, 15) is 0 Å². The van der Waals surface area contributed by atoms with Gasteiger partial charge in [-0.2, -0.15) is 0 Å². The molecule has 1 aromatic rings. The molecule has 19 heavy (non-hydrogen) atoms. The molecule has 2 unspecified atom stereocenters. The summed E-state index contributed by atoms with van der Waals surface area (Å²) in [6, 6.07) is 9.48. The third-order valence-electron chi connectivity index (χ3n) is 4.06. The minimum absolute atomic E-state index is 0.232. The second-order valence-electron chi connectivity index (χ2n) is 6.60. The monoisotopic (exact) mass is 261 g/mol. The van der Waals surface area contributed by atoms with E-state index in [-0.39, 0.29) is 5.41 Å². The smallest absolute Gasteiger partial charge is 0.0732 e. The fourth-order valence-corrected chi connectivity index (χ4v) is 2.73. The Morgan fingerprint density at radius 3 is 2.42 bits per heavy atom. The lowest BCUT2D eigenvalue weighted by Gasteiger charge is -2.23. The van der Waals surface area contributed by atoms with Gasteiger partial charge in [0.15, 0.2) is 0 Å². The number of likely N-dealkylation sites (N-methyl/N-ethyl adjacent to an activating group) is 1. The summed E-state index contributed by atoms with van der Waals surface area (Å²) in [6.07, 6.45) is 3.82. The van der Waals surface area contributed by atoms with Gasteiger partial charge >= 0.3 is 0 Å². The zero-order valence-electron chi connectivity index (χ0n) is 12.7. The Morgan fingerprint density at radius 1 is 1.26 bits per heavy atom.